The van der Waals surface area contributed by atoms with Crippen molar-refractivity contribution in [3.63, 3.8) is 0 Å². The third-order valence-corrected chi connectivity index (χ3v) is 7.56. The highest BCUT2D eigenvalue weighted by Gasteiger charge is 2.37. The lowest BCUT2D eigenvalue weighted by atomic mass is 10.1. The van der Waals surface area contributed by atoms with Gasteiger partial charge in [0.05, 0.1) is 23.9 Å². The molecule has 1 heterocycles. The highest BCUT2D eigenvalue weighted by Crippen LogP contribution is 2.39. The van der Waals surface area contributed by atoms with Gasteiger partial charge in [-0.25, -0.2) is 9.69 Å². The minimum atomic E-state index is -4.19. The van der Waals surface area contributed by atoms with E-state index in [0.717, 1.165) is 16.9 Å². The van der Waals surface area contributed by atoms with E-state index in [9.17, 15) is 22.8 Å². The maximum absolute atomic E-state index is 13.3. The number of carbonyl (C=O) groups is 3. The molecule has 0 aromatic heterocycles. The van der Waals surface area contributed by atoms with E-state index in [4.69, 9.17) is 13.7 Å². The molecule has 1 aliphatic heterocycles. The summed E-state index contributed by atoms with van der Waals surface area (Å²) in [7, 11) is -2.88. The van der Waals surface area contributed by atoms with Crippen LogP contribution in [-0.4, -0.2) is 40.0 Å². The lowest BCUT2D eigenvalue weighted by Crippen LogP contribution is -2.54. The zero-order valence-corrected chi connectivity index (χ0v) is 24.2. The quantitative estimate of drug-likeness (QED) is 0.199. The molecule has 3 aromatic rings. The van der Waals surface area contributed by atoms with E-state index >= 15 is 0 Å². The maximum Gasteiger partial charge on any atom is 0.339 e. The molecule has 3 aromatic carbocycles. The van der Waals surface area contributed by atoms with Crippen molar-refractivity contribution in [1.29, 1.82) is 0 Å². The molecular weight excluding hydrogens is 604 g/mol. The van der Waals surface area contributed by atoms with Gasteiger partial charge in [-0.15, -0.1) is 0 Å². The van der Waals surface area contributed by atoms with Crippen molar-refractivity contribution in [3.05, 3.63) is 81.8 Å². The standard InChI is InChI=1S/C28H25BrN2O8S/c1-4-13-38-20-9-7-19(8-10-20)31-27(33)22(26(32)30-28(31)34)14-18-15-23(29)25(24(16-18)37-3)39-40(35,36)21-11-5-17(2)6-12-21/h5-12,14-16H,4,13H2,1-3H3,(H,30,32,34)/b22-14-. The molecule has 12 heteroatoms. The number of aryl methyl sites for hydroxylation is 1. The van der Waals surface area contributed by atoms with E-state index in [1.165, 1.54) is 49.6 Å². The zero-order chi connectivity index (χ0) is 29.0. The van der Waals surface area contributed by atoms with Crippen LogP contribution in [0.15, 0.2) is 75.6 Å². The van der Waals surface area contributed by atoms with Crippen molar-refractivity contribution in [2.24, 2.45) is 0 Å². The number of rotatable bonds is 9. The fourth-order valence-corrected chi connectivity index (χ4v) is 5.34. The van der Waals surface area contributed by atoms with Gasteiger partial charge < -0.3 is 13.7 Å². The van der Waals surface area contributed by atoms with Gasteiger partial charge in [0.15, 0.2) is 11.5 Å². The van der Waals surface area contributed by atoms with E-state index < -0.39 is 28.0 Å². The summed E-state index contributed by atoms with van der Waals surface area (Å²) in [6, 6.07) is 14.4. The number of hydrogen-bond acceptors (Lipinski definition) is 8. The van der Waals surface area contributed by atoms with Crippen molar-refractivity contribution in [2.45, 2.75) is 25.2 Å². The highest BCUT2D eigenvalue weighted by atomic mass is 79.9. The number of anilines is 1. The van der Waals surface area contributed by atoms with Crippen LogP contribution >= 0.6 is 15.9 Å². The van der Waals surface area contributed by atoms with Crippen LogP contribution in [0.5, 0.6) is 17.2 Å². The van der Waals surface area contributed by atoms with Crippen molar-refractivity contribution < 1.29 is 36.5 Å². The van der Waals surface area contributed by atoms with Gasteiger partial charge in [0.25, 0.3) is 11.8 Å². The zero-order valence-electron chi connectivity index (χ0n) is 21.8. The second-order valence-electron chi connectivity index (χ2n) is 8.68. The molecule has 0 spiro atoms. The van der Waals surface area contributed by atoms with Crippen LogP contribution in [0.25, 0.3) is 6.08 Å². The summed E-state index contributed by atoms with van der Waals surface area (Å²) < 4.78 is 42.1. The van der Waals surface area contributed by atoms with Crippen LogP contribution in [0.2, 0.25) is 0 Å². The number of benzene rings is 3. The molecule has 1 aliphatic rings. The van der Waals surface area contributed by atoms with Gasteiger partial charge in [0.1, 0.15) is 16.2 Å². The summed E-state index contributed by atoms with van der Waals surface area (Å²) in [5.74, 6) is -1.24. The Kier molecular flexibility index (Phi) is 8.60. The number of ether oxygens (including phenoxy) is 2. The number of nitrogens with one attached hydrogen (secondary N) is 1. The van der Waals surface area contributed by atoms with Crippen LogP contribution in [0, 0.1) is 6.92 Å². The molecule has 208 valence electrons. The van der Waals surface area contributed by atoms with Crippen molar-refractivity contribution in [1.82, 2.24) is 5.32 Å². The van der Waals surface area contributed by atoms with Gasteiger partial charge in [-0.05, 0) is 89.4 Å². The summed E-state index contributed by atoms with van der Waals surface area (Å²) in [5, 5.41) is 2.17. The molecule has 1 fully saturated rings. The first-order chi connectivity index (χ1) is 19.0. The van der Waals surface area contributed by atoms with E-state index in [2.05, 4.69) is 21.2 Å². The Balaban J connectivity index is 1.65. The Morgan fingerprint density at radius 3 is 2.30 bits per heavy atom. The predicted molar refractivity (Wildman–Crippen MR) is 151 cm³/mol. The molecule has 4 rings (SSSR count). The minimum absolute atomic E-state index is 0.0242. The third kappa shape index (κ3) is 6.18. The summed E-state index contributed by atoms with van der Waals surface area (Å²) in [6.07, 6.45) is 2.09. The monoisotopic (exact) mass is 628 g/mol. The first kappa shape index (κ1) is 28.8. The minimum Gasteiger partial charge on any atom is -0.494 e. The summed E-state index contributed by atoms with van der Waals surface area (Å²) in [4.78, 5) is 39.3. The van der Waals surface area contributed by atoms with Crippen molar-refractivity contribution in [2.75, 3.05) is 18.6 Å². The molecule has 1 saturated heterocycles. The van der Waals surface area contributed by atoms with Crippen molar-refractivity contribution in [3.8, 4) is 17.2 Å². The van der Waals surface area contributed by atoms with Crippen LogP contribution < -0.4 is 23.9 Å². The lowest BCUT2D eigenvalue weighted by Gasteiger charge is -2.26. The van der Waals surface area contributed by atoms with E-state index in [-0.39, 0.29) is 32.1 Å². The highest BCUT2D eigenvalue weighted by molar-refractivity contribution is 9.10. The molecular formula is C28H25BrN2O8S. The van der Waals surface area contributed by atoms with Gasteiger partial charge in [0, 0.05) is 0 Å². The first-order valence-electron chi connectivity index (χ1n) is 12.1. The molecule has 10 nitrogen and oxygen atoms in total. The Labute approximate surface area is 239 Å². The van der Waals surface area contributed by atoms with E-state index in [0.29, 0.717) is 17.9 Å². The molecule has 0 bridgehead atoms. The Morgan fingerprint density at radius 2 is 1.68 bits per heavy atom. The van der Waals surface area contributed by atoms with Crippen LogP contribution in [0.1, 0.15) is 24.5 Å². The number of carbonyl (C=O) groups excluding carboxylic acids is 3. The molecule has 0 radical (unpaired) electrons. The number of methoxy groups -OCH3 is 1. The number of hydrogen-bond donors (Lipinski definition) is 1. The molecule has 1 N–H and O–H groups in total. The number of nitrogens with zero attached hydrogens (tertiary/aromatic N) is 1. The smallest absolute Gasteiger partial charge is 0.339 e. The fourth-order valence-electron chi connectivity index (χ4n) is 3.74. The van der Waals surface area contributed by atoms with Gasteiger partial charge >= 0.3 is 16.1 Å². The largest absolute Gasteiger partial charge is 0.494 e. The van der Waals surface area contributed by atoms with Crippen LogP contribution in [0.3, 0.4) is 0 Å². The van der Waals surface area contributed by atoms with Crippen LogP contribution in [-0.2, 0) is 19.7 Å². The molecule has 0 unspecified atom stereocenters. The summed E-state index contributed by atoms with van der Waals surface area (Å²) >= 11 is 3.29. The topological polar surface area (TPSA) is 128 Å². The lowest BCUT2D eigenvalue weighted by molar-refractivity contribution is -0.122. The van der Waals surface area contributed by atoms with E-state index in [1.54, 1.807) is 24.3 Å². The number of imide groups is 2. The van der Waals surface area contributed by atoms with E-state index in [1.807, 2.05) is 13.8 Å². The molecule has 0 atom stereocenters. The first-order valence-corrected chi connectivity index (χ1v) is 14.3. The Hall–Kier alpha value is -4.16. The maximum atomic E-state index is 13.3. The predicted octanol–water partition coefficient (Wildman–Crippen LogP) is 4.99. The summed E-state index contributed by atoms with van der Waals surface area (Å²) in [5.41, 5.74) is 1.11. The Morgan fingerprint density at radius 1 is 1.00 bits per heavy atom. The Bertz CT molecular complexity index is 1600. The average molecular weight is 629 g/mol. The molecule has 0 aliphatic carbocycles. The number of urea groups is 1. The van der Waals surface area contributed by atoms with Gasteiger partial charge in [-0.1, -0.05) is 24.6 Å². The normalized spacial score (nSPS) is 14.8. The van der Waals surface area contributed by atoms with Crippen molar-refractivity contribution >= 4 is 55.7 Å². The molecule has 0 saturated carbocycles. The molecule has 4 amide bonds. The third-order valence-electron chi connectivity index (χ3n) is 5.73. The molecule has 40 heavy (non-hydrogen) atoms. The second-order valence-corrected chi connectivity index (χ2v) is 11.1. The van der Waals surface area contributed by atoms with Gasteiger partial charge in [-0.2, -0.15) is 8.42 Å². The van der Waals surface area contributed by atoms with Gasteiger partial charge in [-0.3, -0.25) is 14.9 Å². The van der Waals surface area contributed by atoms with Gasteiger partial charge in [0.2, 0.25) is 0 Å². The SMILES string of the molecule is CCCOc1ccc(N2C(=O)NC(=O)/C(=C/c3cc(Br)c(OS(=O)(=O)c4ccc(C)cc4)c(OC)c3)C2=O)cc1. The fraction of sp³-hybridized carbons (Fsp3) is 0.179. The summed E-state index contributed by atoms with van der Waals surface area (Å²) in [6.45, 7) is 4.32. The number of amides is 4. The number of barbiturate groups is 1. The number of halogens is 1. The average Bonchev–Trinajstić information content (AvgIpc) is 2.92. The second kappa shape index (κ2) is 11.9. The van der Waals surface area contributed by atoms with Crippen LogP contribution in [0.4, 0.5) is 10.5 Å².